The largest absolute Gasteiger partial charge is 0.344 e. The first kappa shape index (κ1) is 32.7. The van der Waals surface area contributed by atoms with Crippen LogP contribution in [0.25, 0.3) is 22.0 Å². The number of nitrogens with zero attached hydrogens (tertiary/aromatic N) is 1. The van der Waals surface area contributed by atoms with Crippen LogP contribution in [-0.2, 0) is 26.0 Å². The number of hydrogen-bond acceptors (Lipinski definition) is 6. The molecule has 0 spiro atoms. The van der Waals surface area contributed by atoms with Gasteiger partial charge in [0.25, 0.3) is 5.56 Å². The number of aryl methyl sites for hydroxylation is 1. The summed E-state index contributed by atoms with van der Waals surface area (Å²) in [5.74, 6) is -0.235. The highest BCUT2D eigenvalue weighted by Gasteiger charge is 2.30. The van der Waals surface area contributed by atoms with Crippen LogP contribution in [0.5, 0.6) is 0 Å². The molecule has 0 unspecified atom stereocenters. The maximum absolute atomic E-state index is 13.6. The second-order valence-corrected chi connectivity index (χ2v) is 14.8. The van der Waals surface area contributed by atoms with E-state index in [0.29, 0.717) is 47.0 Å². The SMILES string of the molecule is Cc1cc(S(=O)(=O)N2CCCC2)ccc1-c1ccc(C[C@H](NC(=O)[C@H]2CC[C@H](CN)CC2)C(=O)Nc2ccc3c(=O)[nH][nH]c3c2)cc1. The van der Waals surface area contributed by atoms with Gasteiger partial charge in [-0.25, -0.2) is 8.42 Å². The van der Waals surface area contributed by atoms with Gasteiger partial charge in [0.2, 0.25) is 21.8 Å². The molecule has 2 aliphatic rings. The van der Waals surface area contributed by atoms with E-state index in [9.17, 15) is 22.8 Å². The van der Waals surface area contributed by atoms with Crippen LogP contribution in [0.15, 0.2) is 70.4 Å². The van der Waals surface area contributed by atoms with E-state index in [1.54, 1.807) is 34.6 Å². The molecule has 6 rings (SSSR count). The van der Waals surface area contributed by atoms with Gasteiger partial charge in [-0.3, -0.25) is 24.6 Å². The molecule has 1 aromatic heterocycles. The molecule has 12 heteroatoms. The zero-order valence-corrected chi connectivity index (χ0v) is 27.4. The maximum Gasteiger partial charge on any atom is 0.271 e. The smallest absolute Gasteiger partial charge is 0.271 e. The predicted molar refractivity (Wildman–Crippen MR) is 182 cm³/mol. The second kappa shape index (κ2) is 13.8. The van der Waals surface area contributed by atoms with Crippen LogP contribution < -0.4 is 21.9 Å². The summed E-state index contributed by atoms with van der Waals surface area (Å²) in [4.78, 5) is 39.2. The van der Waals surface area contributed by atoms with Crippen LogP contribution in [0.1, 0.15) is 49.7 Å². The zero-order chi connectivity index (χ0) is 33.1. The Morgan fingerprint density at radius 3 is 2.36 bits per heavy atom. The number of nitrogens with one attached hydrogen (secondary N) is 4. The molecule has 0 radical (unpaired) electrons. The molecule has 1 saturated carbocycles. The Balaban J connectivity index is 1.19. The molecule has 2 amide bonds. The van der Waals surface area contributed by atoms with Crippen molar-refractivity contribution in [2.75, 3.05) is 25.0 Å². The van der Waals surface area contributed by atoms with Gasteiger partial charge in [0.05, 0.1) is 15.8 Å². The molecule has 2 heterocycles. The summed E-state index contributed by atoms with van der Waals surface area (Å²) >= 11 is 0. The lowest BCUT2D eigenvalue weighted by Gasteiger charge is -2.28. The summed E-state index contributed by atoms with van der Waals surface area (Å²) in [5.41, 5.74) is 10.2. The number of H-pyrrole nitrogens is 2. The molecular weight excluding hydrogens is 616 g/mol. The van der Waals surface area contributed by atoms with Crippen molar-refractivity contribution in [3.8, 4) is 11.1 Å². The minimum absolute atomic E-state index is 0.137. The Morgan fingerprint density at radius 1 is 0.957 bits per heavy atom. The summed E-state index contributed by atoms with van der Waals surface area (Å²) in [5, 5.41) is 11.8. The van der Waals surface area contributed by atoms with E-state index in [0.717, 1.165) is 60.8 Å². The number of hydrogen-bond donors (Lipinski definition) is 5. The Bertz CT molecular complexity index is 1920. The van der Waals surface area contributed by atoms with Crippen LogP contribution in [0.4, 0.5) is 5.69 Å². The number of anilines is 1. The zero-order valence-electron chi connectivity index (χ0n) is 26.6. The molecule has 1 aliphatic heterocycles. The number of carbonyl (C=O) groups excluding carboxylic acids is 2. The van der Waals surface area contributed by atoms with Gasteiger partial charge < -0.3 is 16.4 Å². The number of rotatable bonds is 10. The number of carbonyl (C=O) groups is 2. The van der Waals surface area contributed by atoms with Crippen molar-refractivity contribution >= 4 is 38.4 Å². The van der Waals surface area contributed by atoms with Gasteiger partial charge in [-0.2, -0.15) is 4.31 Å². The van der Waals surface area contributed by atoms with Gasteiger partial charge in [0.15, 0.2) is 0 Å². The first-order valence-corrected chi connectivity index (χ1v) is 17.8. The summed E-state index contributed by atoms with van der Waals surface area (Å²) in [6.45, 7) is 3.64. The normalized spacial score (nSPS) is 19.4. The third-order valence-electron chi connectivity index (χ3n) is 9.63. The Labute approximate surface area is 274 Å². The van der Waals surface area contributed by atoms with Crippen molar-refractivity contribution in [2.45, 2.75) is 62.8 Å². The summed E-state index contributed by atoms with van der Waals surface area (Å²) < 4.78 is 27.7. The van der Waals surface area contributed by atoms with Crippen LogP contribution in [-0.4, -0.2) is 60.4 Å². The fourth-order valence-electron chi connectivity index (χ4n) is 6.76. The van der Waals surface area contributed by atoms with Crippen LogP contribution in [0, 0.1) is 18.8 Å². The van der Waals surface area contributed by atoms with Gasteiger partial charge in [-0.15, -0.1) is 0 Å². The van der Waals surface area contributed by atoms with Crippen molar-refractivity contribution in [1.29, 1.82) is 0 Å². The number of aromatic nitrogens is 2. The number of amides is 2. The maximum atomic E-state index is 13.6. The lowest BCUT2D eigenvalue weighted by atomic mass is 9.81. The highest BCUT2D eigenvalue weighted by Crippen LogP contribution is 2.30. The van der Waals surface area contributed by atoms with Crippen molar-refractivity contribution in [1.82, 2.24) is 19.8 Å². The molecule has 2 fully saturated rings. The van der Waals surface area contributed by atoms with E-state index in [-0.39, 0.29) is 29.7 Å². The number of nitrogens with two attached hydrogens (primary N) is 1. The van der Waals surface area contributed by atoms with E-state index in [2.05, 4.69) is 20.8 Å². The summed E-state index contributed by atoms with van der Waals surface area (Å²) in [7, 11) is -3.51. The quantitative estimate of drug-likeness (QED) is 0.172. The molecule has 1 atom stereocenters. The fourth-order valence-corrected chi connectivity index (χ4v) is 8.36. The lowest BCUT2D eigenvalue weighted by Crippen LogP contribution is -2.48. The van der Waals surface area contributed by atoms with Gasteiger partial charge in [-0.05, 0) is 110 Å². The van der Waals surface area contributed by atoms with E-state index in [1.807, 2.05) is 37.3 Å². The molecule has 11 nitrogen and oxygen atoms in total. The molecule has 47 heavy (non-hydrogen) atoms. The minimum Gasteiger partial charge on any atom is -0.344 e. The topological polar surface area (TPSA) is 170 Å². The lowest BCUT2D eigenvalue weighted by molar-refractivity contribution is -0.130. The van der Waals surface area contributed by atoms with Crippen LogP contribution in [0.3, 0.4) is 0 Å². The number of benzene rings is 3. The second-order valence-electron chi connectivity index (χ2n) is 12.8. The first-order valence-electron chi connectivity index (χ1n) is 16.3. The third-order valence-corrected chi connectivity index (χ3v) is 11.5. The minimum atomic E-state index is -3.51. The highest BCUT2D eigenvalue weighted by molar-refractivity contribution is 7.89. The Hall–Kier alpha value is -4.26. The van der Waals surface area contributed by atoms with Crippen molar-refractivity contribution < 1.29 is 18.0 Å². The van der Waals surface area contributed by atoms with Crippen LogP contribution in [0.2, 0.25) is 0 Å². The van der Waals surface area contributed by atoms with Gasteiger partial charge in [0.1, 0.15) is 6.04 Å². The first-order chi connectivity index (χ1) is 22.6. The van der Waals surface area contributed by atoms with Crippen LogP contribution >= 0.6 is 0 Å². The molecule has 3 aromatic carbocycles. The number of sulfonamides is 1. The standard InChI is InChI=1S/C35H42N6O5S/c1-22-18-28(47(45,46)41-16-2-3-17-41)13-15-29(22)25-8-4-23(5-9-25)19-32(38-33(42)26-10-6-24(21-36)7-11-26)35(44)37-27-12-14-30-31(20-27)39-40-34(30)43/h4-5,8-9,12-15,18,20,24,26,32H,2-3,6-7,10-11,16-17,19,21,36H2,1H3,(H,37,44)(H,38,42)(H2,39,40,43)/t24-,26-,32-/m0/s1. The van der Waals surface area contributed by atoms with Crippen molar-refractivity contribution in [3.63, 3.8) is 0 Å². The van der Waals surface area contributed by atoms with Crippen molar-refractivity contribution in [3.05, 3.63) is 82.1 Å². The highest BCUT2D eigenvalue weighted by atomic mass is 32.2. The molecule has 6 N–H and O–H groups in total. The average Bonchev–Trinajstić information content (AvgIpc) is 3.76. The summed E-state index contributed by atoms with van der Waals surface area (Å²) in [6, 6.07) is 17.1. The molecule has 4 aromatic rings. The number of fused-ring (bicyclic) bond motifs is 1. The Kier molecular flexibility index (Phi) is 9.62. The summed E-state index contributed by atoms with van der Waals surface area (Å²) in [6.07, 6.45) is 5.31. The van der Waals surface area contributed by atoms with Crippen molar-refractivity contribution in [2.24, 2.45) is 17.6 Å². The molecular formula is C35H42N6O5S. The number of aromatic amines is 2. The van der Waals surface area contributed by atoms with Gasteiger partial charge >= 0.3 is 0 Å². The van der Waals surface area contributed by atoms with E-state index < -0.39 is 16.1 Å². The third kappa shape index (κ3) is 7.19. The molecule has 0 bridgehead atoms. The Morgan fingerprint density at radius 2 is 1.68 bits per heavy atom. The fraction of sp³-hybridized carbons (Fsp3) is 0.400. The molecule has 248 valence electrons. The monoisotopic (exact) mass is 658 g/mol. The van der Waals surface area contributed by atoms with Gasteiger partial charge in [0, 0.05) is 31.1 Å². The predicted octanol–water partition coefficient (Wildman–Crippen LogP) is 4.05. The average molecular weight is 659 g/mol. The van der Waals surface area contributed by atoms with E-state index in [1.165, 1.54) is 0 Å². The van der Waals surface area contributed by atoms with E-state index >= 15 is 0 Å². The molecule has 1 saturated heterocycles. The van der Waals surface area contributed by atoms with E-state index in [4.69, 9.17) is 5.73 Å². The van der Waals surface area contributed by atoms with Gasteiger partial charge in [-0.1, -0.05) is 30.3 Å². The molecule has 1 aliphatic carbocycles.